The van der Waals surface area contributed by atoms with Gasteiger partial charge in [0.05, 0.1) is 13.9 Å². The zero-order valence-electron chi connectivity index (χ0n) is 8.74. The van der Waals surface area contributed by atoms with Crippen LogP contribution in [0.15, 0.2) is 16.8 Å². The van der Waals surface area contributed by atoms with E-state index in [2.05, 4.69) is 49.8 Å². The fourth-order valence-electron chi connectivity index (χ4n) is 1.45. The molecule has 0 aliphatic carbocycles. The number of hydrogen-bond acceptors (Lipinski definition) is 5. The number of thiazole rings is 1. The van der Waals surface area contributed by atoms with Gasteiger partial charge in [0.25, 0.3) is 0 Å². The molecular weight excluding hydrogens is 353 g/mol. The number of aromatic nitrogens is 1. The third kappa shape index (κ3) is 3.01. The Hall–Kier alpha value is -0.0200. The number of nitrogens with zero attached hydrogens (tertiary/aromatic N) is 1. The van der Waals surface area contributed by atoms with Crippen molar-refractivity contribution in [3.8, 4) is 0 Å². The molecule has 2 heterocycles. The Labute approximate surface area is 116 Å². The van der Waals surface area contributed by atoms with E-state index in [1.807, 2.05) is 6.92 Å². The molecule has 0 aliphatic rings. The minimum Gasteiger partial charge on any atom is -0.271 e. The molecule has 0 aromatic carbocycles. The number of thiophene rings is 1. The van der Waals surface area contributed by atoms with Gasteiger partial charge in [-0.3, -0.25) is 11.3 Å². The van der Waals surface area contributed by atoms with Gasteiger partial charge >= 0.3 is 0 Å². The average Bonchev–Trinajstić information content (AvgIpc) is 2.84. The van der Waals surface area contributed by atoms with E-state index in [1.165, 1.54) is 8.45 Å². The van der Waals surface area contributed by atoms with Gasteiger partial charge in [-0.25, -0.2) is 4.98 Å². The third-order valence-electron chi connectivity index (χ3n) is 2.24. The molecule has 0 radical (unpaired) electrons. The molecule has 1 atom stereocenters. The summed E-state index contributed by atoms with van der Waals surface area (Å²) < 4.78 is 1.28. The lowest BCUT2D eigenvalue weighted by atomic mass is 10.1. The Kier molecular flexibility index (Phi) is 4.31. The summed E-state index contributed by atoms with van der Waals surface area (Å²) in [5.74, 6) is 5.60. The van der Waals surface area contributed by atoms with E-state index < -0.39 is 0 Å². The first-order chi connectivity index (χ1) is 7.69. The van der Waals surface area contributed by atoms with Crippen LogP contribution < -0.4 is 11.3 Å². The Morgan fingerprint density at radius 3 is 2.81 bits per heavy atom. The number of aryl methyl sites for hydroxylation is 1. The molecule has 0 bridgehead atoms. The van der Waals surface area contributed by atoms with Gasteiger partial charge in [0.15, 0.2) is 0 Å². The number of hydrogen-bond donors (Lipinski definition) is 2. The third-order valence-corrected chi connectivity index (χ3v) is 5.03. The molecule has 2 aromatic heterocycles. The largest absolute Gasteiger partial charge is 0.271 e. The van der Waals surface area contributed by atoms with Crippen molar-refractivity contribution >= 4 is 45.3 Å². The zero-order valence-corrected chi connectivity index (χ0v) is 12.5. The normalized spacial score (nSPS) is 12.9. The smallest absolute Gasteiger partial charge is 0.0947 e. The van der Waals surface area contributed by atoms with Crippen LogP contribution in [0.2, 0.25) is 0 Å². The van der Waals surface area contributed by atoms with Gasteiger partial charge in [-0.2, -0.15) is 0 Å². The van der Waals surface area contributed by atoms with Crippen LogP contribution in [0.1, 0.15) is 22.3 Å². The molecule has 3 N–H and O–H groups in total. The molecule has 0 amide bonds. The van der Waals surface area contributed by atoms with Gasteiger partial charge in [-0.15, -0.1) is 22.7 Å². The molecule has 0 spiro atoms. The second-order valence-electron chi connectivity index (χ2n) is 3.49. The van der Waals surface area contributed by atoms with Gasteiger partial charge in [0.2, 0.25) is 0 Å². The molecule has 0 fully saturated rings. The van der Waals surface area contributed by atoms with Crippen LogP contribution in [-0.2, 0) is 6.42 Å². The molecule has 3 nitrogen and oxygen atoms in total. The van der Waals surface area contributed by atoms with E-state index in [0.717, 1.165) is 17.1 Å². The summed E-state index contributed by atoms with van der Waals surface area (Å²) in [5, 5.41) is 5.34. The van der Waals surface area contributed by atoms with Gasteiger partial charge < -0.3 is 0 Å². The van der Waals surface area contributed by atoms with E-state index in [0.29, 0.717) is 0 Å². The summed E-state index contributed by atoms with van der Waals surface area (Å²) in [6.45, 7) is 2.01. The molecule has 6 heteroatoms. The van der Waals surface area contributed by atoms with Crippen LogP contribution in [0.5, 0.6) is 0 Å². The highest BCUT2D eigenvalue weighted by atomic mass is 127. The van der Waals surface area contributed by atoms with E-state index >= 15 is 0 Å². The van der Waals surface area contributed by atoms with Gasteiger partial charge in [0.1, 0.15) is 0 Å². The lowest BCUT2D eigenvalue weighted by Gasteiger charge is -2.12. The molecule has 2 aromatic rings. The van der Waals surface area contributed by atoms with Gasteiger partial charge in [-0.1, -0.05) is 0 Å². The predicted octanol–water partition coefficient (Wildman–Crippen LogP) is 2.86. The molecule has 2 rings (SSSR count). The monoisotopic (exact) mass is 365 g/mol. The number of hydrazine groups is 1. The van der Waals surface area contributed by atoms with Crippen LogP contribution in [0.3, 0.4) is 0 Å². The Morgan fingerprint density at radius 1 is 1.50 bits per heavy atom. The number of nitrogens with one attached hydrogen (secondary N) is 1. The van der Waals surface area contributed by atoms with Crippen LogP contribution >= 0.6 is 45.3 Å². The highest BCUT2D eigenvalue weighted by molar-refractivity contribution is 14.1. The maximum atomic E-state index is 5.60. The zero-order chi connectivity index (χ0) is 11.5. The Bertz CT molecular complexity index is 466. The van der Waals surface area contributed by atoms with Crippen molar-refractivity contribution in [2.45, 2.75) is 19.4 Å². The number of halogens is 1. The minimum absolute atomic E-state index is 0.158. The van der Waals surface area contributed by atoms with Crippen LogP contribution in [0.4, 0.5) is 0 Å². The second-order valence-corrected chi connectivity index (χ2v) is 7.24. The van der Waals surface area contributed by atoms with Crippen LogP contribution in [-0.4, -0.2) is 4.98 Å². The Morgan fingerprint density at radius 2 is 2.31 bits per heavy atom. The first-order valence-corrected chi connectivity index (χ1v) is 7.64. The maximum Gasteiger partial charge on any atom is 0.0947 e. The van der Waals surface area contributed by atoms with E-state index in [9.17, 15) is 0 Å². The molecule has 0 saturated heterocycles. The van der Waals surface area contributed by atoms with Crippen LogP contribution in [0.25, 0.3) is 0 Å². The molecular formula is C10H12IN3S2. The summed E-state index contributed by atoms with van der Waals surface area (Å²) in [6, 6.07) is 2.32. The SMILES string of the molecule is Cc1csc(CC(NN)c2csc(I)c2)n1. The molecule has 0 aliphatic heterocycles. The van der Waals surface area contributed by atoms with Crippen molar-refractivity contribution in [2.75, 3.05) is 0 Å². The number of nitrogens with two attached hydrogens (primary N) is 1. The van der Waals surface area contributed by atoms with Crippen molar-refractivity contribution in [3.63, 3.8) is 0 Å². The molecule has 86 valence electrons. The van der Waals surface area contributed by atoms with Crippen molar-refractivity contribution < 1.29 is 0 Å². The minimum atomic E-state index is 0.158. The lowest BCUT2D eigenvalue weighted by Crippen LogP contribution is -2.29. The van der Waals surface area contributed by atoms with Gasteiger partial charge in [-0.05, 0) is 46.5 Å². The average molecular weight is 365 g/mol. The predicted molar refractivity (Wildman–Crippen MR) is 77.7 cm³/mol. The van der Waals surface area contributed by atoms with E-state index in [1.54, 1.807) is 22.7 Å². The highest BCUT2D eigenvalue weighted by Crippen LogP contribution is 2.25. The highest BCUT2D eigenvalue weighted by Gasteiger charge is 2.13. The summed E-state index contributed by atoms with van der Waals surface area (Å²) in [6.07, 6.45) is 0.849. The first kappa shape index (κ1) is 12.4. The fourth-order valence-corrected chi connectivity index (χ4v) is 3.70. The van der Waals surface area contributed by atoms with Crippen LogP contribution in [0, 0.1) is 9.81 Å². The van der Waals surface area contributed by atoms with Crippen molar-refractivity contribution in [3.05, 3.63) is 36.0 Å². The summed E-state index contributed by atoms with van der Waals surface area (Å²) in [7, 11) is 0. The molecule has 0 saturated carbocycles. The lowest BCUT2D eigenvalue weighted by molar-refractivity contribution is 0.552. The summed E-state index contributed by atoms with van der Waals surface area (Å²) >= 11 is 5.75. The second kappa shape index (κ2) is 5.54. The molecule has 1 unspecified atom stereocenters. The maximum absolute atomic E-state index is 5.60. The standard InChI is InChI=1S/C10H12IN3S2/c1-6-4-16-10(13-6)3-8(14-12)7-2-9(11)15-5-7/h2,4-5,8,14H,3,12H2,1H3. The Balaban J connectivity index is 2.12. The number of rotatable bonds is 4. The van der Waals surface area contributed by atoms with Crippen molar-refractivity contribution in [1.29, 1.82) is 0 Å². The molecule has 16 heavy (non-hydrogen) atoms. The summed E-state index contributed by atoms with van der Waals surface area (Å²) in [5.41, 5.74) is 5.18. The van der Waals surface area contributed by atoms with Gasteiger partial charge in [0, 0.05) is 17.5 Å². The fraction of sp³-hybridized carbons (Fsp3) is 0.300. The first-order valence-electron chi connectivity index (χ1n) is 4.80. The van der Waals surface area contributed by atoms with E-state index in [4.69, 9.17) is 5.84 Å². The summed E-state index contributed by atoms with van der Waals surface area (Å²) in [4.78, 5) is 4.46. The quantitative estimate of drug-likeness (QED) is 0.498. The van der Waals surface area contributed by atoms with E-state index in [-0.39, 0.29) is 6.04 Å². The topological polar surface area (TPSA) is 50.9 Å². The van der Waals surface area contributed by atoms with Crippen molar-refractivity contribution in [2.24, 2.45) is 5.84 Å². The van der Waals surface area contributed by atoms with Crippen molar-refractivity contribution in [1.82, 2.24) is 10.4 Å².